The average Bonchev–Trinajstić information content (AvgIpc) is 2.21. The molecule has 0 aliphatic rings. The molecule has 0 N–H and O–H groups in total. The highest BCUT2D eigenvalue weighted by Gasteiger charge is 1.91. The predicted octanol–water partition coefficient (Wildman–Crippen LogP) is 5.06. The quantitative estimate of drug-likeness (QED) is 0.546. The summed E-state index contributed by atoms with van der Waals surface area (Å²) in [5, 5.41) is 0. The molecule has 0 fully saturated rings. The van der Waals surface area contributed by atoms with Crippen molar-refractivity contribution in [3.63, 3.8) is 0 Å². The van der Waals surface area contributed by atoms with E-state index in [2.05, 4.69) is 32.6 Å². The van der Waals surface area contributed by atoms with Crippen molar-refractivity contribution < 1.29 is 0 Å². The minimum absolute atomic E-state index is 1.08. The summed E-state index contributed by atoms with van der Waals surface area (Å²) in [5.41, 5.74) is 2.56. The molecule has 0 aromatic rings. The number of hydrogen-bond donors (Lipinski definition) is 0. The lowest BCUT2D eigenvalue weighted by atomic mass is 10.1. The molecule has 0 rings (SSSR count). The molecule has 80 valence electrons. The Labute approximate surface area is 89.7 Å². The summed E-state index contributed by atoms with van der Waals surface area (Å²) in [6.45, 7) is 14.0. The standard InChI is InChI=1S/C12H18.C2H6/c1-5-8-11(4)12(9-6-2)10-7-3;1-2/h6-10H,2,5H2,1,3-4H3;1-2H3/b10-7-,11-8-,12-9-;. The second-order valence-corrected chi connectivity index (χ2v) is 2.65. The first-order chi connectivity index (χ1) is 6.76. The third kappa shape index (κ3) is 7.60. The van der Waals surface area contributed by atoms with Gasteiger partial charge in [0.2, 0.25) is 0 Å². The zero-order valence-electron chi connectivity index (χ0n) is 10.3. The Kier molecular flexibility index (Phi) is 13.2. The largest absolute Gasteiger partial charge is 0.0990 e. The molecule has 0 aromatic carbocycles. The van der Waals surface area contributed by atoms with E-state index in [9.17, 15) is 0 Å². The van der Waals surface area contributed by atoms with Gasteiger partial charge >= 0.3 is 0 Å². The maximum absolute atomic E-state index is 3.69. The van der Waals surface area contributed by atoms with Crippen LogP contribution in [0.3, 0.4) is 0 Å². The first-order valence-corrected chi connectivity index (χ1v) is 5.38. The molecule has 0 aliphatic heterocycles. The monoisotopic (exact) mass is 192 g/mol. The van der Waals surface area contributed by atoms with Gasteiger partial charge in [-0.15, -0.1) is 0 Å². The van der Waals surface area contributed by atoms with Crippen LogP contribution in [0.15, 0.2) is 48.1 Å². The molecule has 0 atom stereocenters. The van der Waals surface area contributed by atoms with E-state index >= 15 is 0 Å². The van der Waals surface area contributed by atoms with Crippen LogP contribution in [0.4, 0.5) is 0 Å². The second kappa shape index (κ2) is 12.0. The predicted molar refractivity (Wildman–Crippen MR) is 68.5 cm³/mol. The minimum atomic E-state index is 1.08. The summed E-state index contributed by atoms with van der Waals surface area (Å²) in [7, 11) is 0. The highest BCUT2D eigenvalue weighted by molar-refractivity contribution is 5.40. The van der Waals surface area contributed by atoms with Gasteiger partial charge in [0.05, 0.1) is 0 Å². The fourth-order valence-corrected chi connectivity index (χ4v) is 1.05. The minimum Gasteiger partial charge on any atom is -0.0990 e. The highest BCUT2D eigenvalue weighted by Crippen LogP contribution is 2.11. The molecule has 0 aromatic heterocycles. The van der Waals surface area contributed by atoms with Crippen LogP contribution in [-0.2, 0) is 0 Å². The van der Waals surface area contributed by atoms with E-state index in [0.29, 0.717) is 0 Å². The van der Waals surface area contributed by atoms with Crippen molar-refractivity contribution in [2.24, 2.45) is 0 Å². The van der Waals surface area contributed by atoms with Crippen LogP contribution >= 0.6 is 0 Å². The van der Waals surface area contributed by atoms with Crippen LogP contribution in [0, 0.1) is 0 Å². The van der Waals surface area contributed by atoms with E-state index in [-0.39, 0.29) is 0 Å². The second-order valence-electron chi connectivity index (χ2n) is 2.65. The zero-order valence-corrected chi connectivity index (χ0v) is 10.3. The third-order valence-electron chi connectivity index (χ3n) is 1.61. The summed E-state index contributed by atoms with van der Waals surface area (Å²) in [4.78, 5) is 0. The fraction of sp³-hybridized carbons (Fsp3) is 0.429. The summed E-state index contributed by atoms with van der Waals surface area (Å²) >= 11 is 0. The molecule has 0 aliphatic carbocycles. The van der Waals surface area contributed by atoms with Gasteiger partial charge in [0.1, 0.15) is 0 Å². The van der Waals surface area contributed by atoms with E-state index in [4.69, 9.17) is 0 Å². The number of rotatable bonds is 4. The molecular formula is C14H24. The molecule has 0 nitrogen and oxygen atoms in total. The van der Waals surface area contributed by atoms with Crippen molar-refractivity contribution >= 4 is 0 Å². The fourth-order valence-electron chi connectivity index (χ4n) is 1.05. The zero-order chi connectivity index (χ0) is 11.4. The molecule has 0 heterocycles. The van der Waals surface area contributed by atoms with Gasteiger partial charge in [0.15, 0.2) is 0 Å². The molecule has 0 unspecified atom stereocenters. The Bertz CT molecular complexity index is 214. The lowest BCUT2D eigenvalue weighted by Gasteiger charge is -2.00. The van der Waals surface area contributed by atoms with Gasteiger partial charge in [-0.3, -0.25) is 0 Å². The summed E-state index contributed by atoms with van der Waals surface area (Å²) in [6.07, 6.45) is 11.3. The molecule has 0 amide bonds. The first kappa shape index (κ1) is 15.4. The van der Waals surface area contributed by atoms with Crippen LogP contribution in [0.25, 0.3) is 0 Å². The molecule has 0 radical (unpaired) electrons. The van der Waals surface area contributed by atoms with Crippen LogP contribution in [0.5, 0.6) is 0 Å². The van der Waals surface area contributed by atoms with Gasteiger partial charge in [-0.1, -0.05) is 57.7 Å². The number of hydrogen-bond acceptors (Lipinski definition) is 0. The van der Waals surface area contributed by atoms with Gasteiger partial charge < -0.3 is 0 Å². The Morgan fingerprint density at radius 1 is 1.29 bits per heavy atom. The van der Waals surface area contributed by atoms with E-state index in [1.165, 1.54) is 11.1 Å². The van der Waals surface area contributed by atoms with Crippen molar-refractivity contribution in [1.82, 2.24) is 0 Å². The van der Waals surface area contributed by atoms with Crippen molar-refractivity contribution in [1.29, 1.82) is 0 Å². The van der Waals surface area contributed by atoms with Gasteiger partial charge in [0.25, 0.3) is 0 Å². The van der Waals surface area contributed by atoms with E-state index in [0.717, 1.165) is 6.42 Å². The van der Waals surface area contributed by atoms with E-state index in [1.54, 1.807) is 0 Å². The summed E-state index contributed by atoms with van der Waals surface area (Å²) in [6, 6.07) is 0. The van der Waals surface area contributed by atoms with E-state index in [1.807, 2.05) is 39.0 Å². The Morgan fingerprint density at radius 2 is 1.86 bits per heavy atom. The maximum Gasteiger partial charge on any atom is -0.0234 e. The van der Waals surface area contributed by atoms with Crippen LogP contribution in [0.2, 0.25) is 0 Å². The van der Waals surface area contributed by atoms with Crippen molar-refractivity contribution in [2.45, 2.75) is 41.0 Å². The average molecular weight is 192 g/mol. The Hall–Kier alpha value is -1.04. The van der Waals surface area contributed by atoms with Crippen LogP contribution < -0.4 is 0 Å². The molecular weight excluding hydrogens is 168 g/mol. The lowest BCUT2D eigenvalue weighted by Crippen LogP contribution is -1.80. The van der Waals surface area contributed by atoms with Crippen molar-refractivity contribution in [2.75, 3.05) is 0 Å². The molecule has 0 saturated carbocycles. The first-order valence-electron chi connectivity index (χ1n) is 5.38. The molecule has 0 heteroatoms. The van der Waals surface area contributed by atoms with Gasteiger partial charge in [-0.05, 0) is 31.4 Å². The molecule has 0 spiro atoms. The summed E-state index contributed by atoms with van der Waals surface area (Å²) < 4.78 is 0. The van der Waals surface area contributed by atoms with Crippen molar-refractivity contribution in [3.05, 3.63) is 48.1 Å². The number of allylic oxidation sites excluding steroid dienone is 7. The van der Waals surface area contributed by atoms with Crippen LogP contribution in [-0.4, -0.2) is 0 Å². The summed E-state index contributed by atoms with van der Waals surface area (Å²) in [5.74, 6) is 0. The topological polar surface area (TPSA) is 0 Å². The van der Waals surface area contributed by atoms with Crippen LogP contribution in [0.1, 0.15) is 41.0 Å². The molecule has 0 saturated heterocycles. The van der Waals surface area contributed by atoms with Crippen molar-refractivity contribution in [3.8, 4) is 0 Å². The third-order valence-corrected chi connectivity index (χ3v) is 1.61. The molecule has 14 heavy (non-hydrogen) atoms. The lowest BCUT2D eigenvalue weighted by molar-refractivity contribution is 1.19. The maximum atomic E-state index is 3.69. The van der Waals surface area contributed by atoms with Gasteiger partial charge in [0, 0.05) is 0 Å². The van der Waals surface area contributed by atoms with E-state index < -0.39 is 0 Å². The Balaban J connectivity index is 0. The normalized spacial score (nSPS) is 12.4. The van der Waals surface area contributed by atoms with Gasteiger partial charge in [-0.2, -0.15) is 0 Å². The highest BCUT2D eigenvalue weighted by atomic mass is 14.0. The smallest absolute Gasteiger partial charge is 0.0234 e. The SMILES string of the molecule is C=C/C=C(/C=C\C)C(\C)=C/CC.CC. The molecule has 0 bridgehead atoms. The Morgan fingerprint density at radius 3 is 2.21 bits per heavy atom. The van der Waals surface area contributed by atoms with Gasteiger partial charge in [-0.25, -0.2) is 0 Å².